The van der Waals surface area contributed by atoms with Crippen LogP contribution in [0.15, 0.2) is 36.4 Å². The summed E-state index contributed by atoms with van der Waals surface area (Å²) >= 11 is 0.862. The molecular formula is C17H18FNO3S. The Bertz CT molecular complexity index is 721. The van der Waals surface area contributed by atoms with Crippen molar-refractivity contribution >= 4 is 22.7 Å². The summed E-state index contributed by atoms with van der Waals surface area (Å²) in [7, 11) is 0. The third kappa shape index (κ3) is 4.24. The third-order valence-corrected chi connectivity index (χ3v) is 3.85. The summed E-state index contributed by atoms with van der Waals surface area (Å²) in [5, 5.41) is 9.89. The number of aryl methyl sites for hydroxylation is 2. The molecule has 2 rings (SSSR count). The molecule has 23 heavy (non-hydrogen) atoms. The van der Waals surface area contributed by atoms with Crippen LogP contribution < -0.4 is 9.80 Å². The summed E-state index contributed by atoms with van der Waals surface area (Å²) in [4.78, 5) is 11.6. The molecule has 0 fully saturated rings. The van der Waals surface area contributed by atoms with Crippen LogP contribution in [0.3, 0.4) is 0 Å². The molecule has 0 saturated carbocycles. The number of halogens is 1. The number of hydrogen-bond donors (Lipinski definition) is 1. The molecule has 0 aliphatic carbocycles. The third-order valence-electron chi connectivity index (χ3n) is 3.33. The zero-order valence-electron chi connectivity index (χ0n) is 13.2. The number of carbonyl (C=O) groups excluding carboxylic acids is 1. The van der Waals surface area contributed by atoms with Gasteiger partial charge in [-0.25, -0.2) is 4.39 Å². The molecule has 122 valence electrons. The van der Waals surface area contributed by atoms with Crippen LogP contribution in [-0.2, 0) is 6.61 Å². The van der Waals surface area contributed by atoms with E-state index in [0.717, 1.165) is 22.9 Å². The fourth-order valence-corrected chi connectivity index (χ4v) is 2.45. The SMILES string of the molecule is CSC(=O)N(O)c1ccc(F)cc1COc1ccc(C)cc1C. The maximum Gasteiger partial charge on any atom is 0.309 e. The van der Waals surface area contributed by atoms with Crippen LogP contribution in [0, 0.1) is 19.7 Å². The minimum atomic E-state index is -0.552. The van der Waals surface area contributed by atoms with Crippen molar-refractivity contribution in [2.75, 3.05) is 11.3 Å². The number of amides is 1. The Hall–Kier alpha value is -2.05. The minimum Gasteiger partial charge on any atom is -0.489 e. The molecule has 1 N–H and O–H groups in total. The first-order valence-electron chi connectivity index (χ1n) is 6.98. The molecule has 0 aliphatic rings. The molecule has 0 aromatic heterocycles. The quantitative estimate of drug-likeness (QED) is 0.650. The lowest BCUT2D eigenvalue weighted by molar-refractivity contribution is 0.223. The second-order valence-corrected chi connectivity index (χ2v) is 5.87. The Labute approximate surface area is 138 Å². The Morgan fingerprint density at radius 2 is 2.00 bits per heavy atom. The van der Waals surface area contributed by atoms with Gasteiger partial charge < -0.3 is 4.74 Å². The van der Waals surface area contributed by atoms with Gasteiger partial charge in [0.2, 0.25) is 0 Å². The monoisotopic (exact) mass is 335 g/mol. The van der Waals surface area contributed by atoms with Crippen LogP contribution >= 0.6 is 11.8 Å². The first-order chi connectivity index (χ1) is 10.9. The van der Waals surface area contributed by atoms with E-state index in [1.165, 1.54) is 18.2 Å². The van der Waals surface area contributed by atoms with E-state index in [9.17, 15) is 14.4 Å². The van der Waals surface area contributed by atoms with Gasteiger partial charge in [-0.2, -0.15) is 5.06 Å². The molecule has 0 bridgehead atoms. The van der Waals surface area contributed by atoms with Gasteiger partial charge in [0.15, 0.2) is 0 Å². The molecule has 0 heterocycles. The first kappa shape index (κ1) is 17.3. The van der Waals surface area contributed by atoms with Crippen molar-refractivity contribution in [3.05, 3.63) is 58.9 Å². The molecular weight excluding hydrogens is 317 g/mol. The van der Waals surface area contributed by atoms with Gasteiger partial charge in [0, 0.05) is 5.56 Å². The van der Waals surface area contributed by atoms with Gasteiger partial charge in [-0.1, -0.05) is 29.5 Å². The van der Waals surface area contributed by atoms with Crippen molar-refractivity contribution in [2.24, 2.45) is 0 Å². The van der Waals surface area contributed by atoms with E-state index in [1.54, 1.807) is 6.26 Å². The van der Waals surface area contributed by atoms with E-state index in [0.29, 0.717) is 16.4 Å². The van der Waals surface area contributed by atoms with E-state index >= 15 is 0 Å². The molecule has 2 aromatic carbocycles. The van der Waals surface area contributed by atoms with E-state index < -0.39 is 11.1 Å². The molecule has 0 spiro atoms. The van der Waals surface area contributed by atoms with Crippen LogP contribution in [0.2, 0.25) is 0 Å². The highest BCUT2D eigenvalue weighted by atomic mass is 32.2. The lowest BCUT2D eigenvalue weighted by Gasteiger charge is -2.18. The van der Waals surface area contributed by atoms with Crippen LogP contribution in [0.25, 0.3) is 0 Å². The number of anilines is 1. The molecule has 2 aromatic rings. The van der Waals surface area contributed by atoms with Crippen molar-refractivity contribution in [1.29, 1.82) is 0 Å². The summed E-state index contributed by atoms with van der Waals surface area (Å²) in [6, 6.07) is 9.53. The Morgan fingerprint density at radius 3 is 2.65 bits per heavy atom. The summed E-state index contributed by atoms with van der Waals surface area (Å²) < 4.78 is 19.2. The lowest BCUT2D eigenvalue weighted by atomic mass is 10.1. The molecule has 0 unspecified atom stereocenters. The molecule has 0 atom stereocenters. The topological polar surface area (TPSA) is 49.8 Å². The lowest BCUT2D eigenvalue weighted by Crippen LogP contribution is -2.24. The zero-order valence-corrected chi connectivity index (χ0v) is 14.0. The maximum atomic E-state index is 13.5. The Morgan fingerprint density at radius 1 is 1.26 bits per heavy atom. The van der Waals surface area contributed by atoms with Gasteiger partial charge >= 0.3 is 5.24 Å². The number of ether oxygens (including phenoxy) is 1. The second-order valence-electron chi connectivity index (χ2n) is 5.11. The van der Waals surface area contributed by atoms with E-state index in [-0.39, 0.29) is 12.3 Å². The average molecular weight is 335 g/mol. The van der Waals surface area contributed by atoms with Crippen molar-refractivity contribution in [1.82, 2.24) is 0 Å². The van der Waals surface area contributed by atoms with Crippen LogP contribution in [-0.4, -0.2) is 16.7 Å². The Balaban J connectivity index is 2.24. The number of thioether (sulfide) groups is 1. The molecule has 0 saturated heterocycles. The second kappa shape index (κ2) is 7.48. The largest absolute Gasteiger partial charge is 0.489 e. The fourth-order valence-electron chi connectivity index (χ4n) is 2.18. The summed E-state index contributed by atoms with van der Waals surface area (Å²) in [6.45, 7) is 3.94. The van der Waals surface area contributed by atoms with Gasteiger partial charge in [0.25, 0.3) is 0 Å². The van der Waals surface area contributed by atoms with Crippen LogP contribution in [0.4, 0.5) is 14.9 Å². The minimum absolute atomic E-state index is 0.0374. The molecule has 1 amide bonds. The van der Waals surface area contributed by atoms with Gasteiger partial charge in [0.1, 0.15) is 18.2 Å². The van der Waals surface area contributed by atoms with Crippen molar-refractivity contribution in [3.8, 4) is 5.75 Å². The highest BCUT2D eigenvalue weighted by Crippen LogP contribution is 2.26. The summed E-state index contributed by atoms with van der Waals surface area (Å²) in [6.07, 6.45) is 1.56. The zero-order chi connectivity index (χ0) is 17.0. The van der Waals surface area contributed by atoms with E-state index in [2.05, 4.69) is 0 Å². The number of rotatable bonds is 4. The van der Waals surface area contributed by atoms with Gasteiger partial charge in [-0.15, -0.1) is 0 Å². The van der Waals surface area contributed by atoms with Crippen molar-refractivity contribution < 1.29 is 19.1 Å². The number of nitrogens with zero attached hydrogens (tertiary/aromatic N) is 1. The molecule has 4 nitrogen and oxygen atoms in total. The number of benzene rings is 2. The standard InChI is InChI=1S/C17H18FNO3S/c1-11-4-7-16(12(2)8-11)22-10-13-9-14(18)5-6-15(13)19(21)17(20)23-3/h4-9,21H,10H2,1-3H3. The molecule has 0 aliphatic heterocycles. The van der Waals surface area contributed by atoms with Crippen LogP contribution in [0.5, 0.6) is 5.75 Å². The summed E-state index contributed by atoms with van der Waals surface area (Å²) in [5.74, 6) is 0.212. The maximum absolute atomic E-state index is 13.5. The van der Waals surface area contributed by atoms with E-state index in [4.69, 9.17) is 4.74 Å². The summed E-state index contributed by atoms with van der Waals surface area (Å²) in [5.41, 5.74) is 2.67. The number of carbonyl (C=O) groups is 1. The highest BCUT2D eigenvalue weighted by Gasteiger charge is 2.17. The van der Waals surface area contributed by atoms with Crippen molar-refractivity contribution in [2.45, 2.75) is 20.5 Å². The smallest absolute Gasteiger partial charge is 0.309 e. The van der Waals surface area contributed by atoms with Gasteiger partial charge in [-0.3, -0.25) is 10.0 Å². The normalized spacial score (nSPS) is 10.5. The Kier molecular flexibility index (Phi) is 5.63. The number of hydrogen-bond acceptors (Lipinski definition) is 4. The highest BCUT2D eigenvalue weighted by molar-refractivity contribution is 8.13. The average Bonchev–Trinajstić information content (AvgIpc) is 2.52. The molecule has 6 heteroatoms. The molecule has 0 radical (unpaired) electrons. The first-order valence-corrected chi connectivity index (χ1v) is 8.20. The van der Waals surface area contributed by atoms with Crippen molar-refractivity contribution in [3.63, 3.8) is 0 Å². The van der Waals surface area contributed by atoms with Gasteiger partial charge in [0.05, 0.1) is 5.69 Å². The predicted molar refractivity (Wildman–Crippen MR) is 89.8 cm³/mol. The predicted octanol–water partition coefficient (Wildman–Crippen LogP) is 4.70. The number of hydroxylamine groups is 1. The fraction of sp³-hybridized carbons (Fsp3) is 0.235. The van der Waals surface area contributed by atoms with Gasteiger partial charge in [-0.05, 0) is 49.9 Å². The van der Waals surface area contributed by atoms with Crippen LogP contribution in [0.1, 0.15) is 16.7 Å². The van der Waals surface area contributed by atoms with E-state index in [1.807, 2.05) is 32.0 Å².